The lowest BCUT2D eigenvalue weighted by Crippen LogP contribution is -2.04. The van der Waals surface area contributed by atoms with Gasteiger partial charge in [0.25, 0.3) is 0 Å². The van der Waals surface area contributed by atoms with Gasteiger partial charge in [-0.25, -0.2) is 4.79 Å². The maximum atomic E-state index is 12.4. The molecular formula is C14H8ClF3O3. The van der Waals surface area contributed by atoms with Crippen LogP contribution >= 0.6 is 11.6 Å². The fourth-order valence-electron chi connectivity index (χ4n) is 1.60. The van der Waals surface area contributed by atoms with Crippen molar-refractivity contribution in [1.82, 2.24) is 0 Å². The van der Waals surface area contributed by atoms with Gasteiger partial charge in [-0.1, -0.05) is 11.6 Å². The minimum absolute atomic E-state index is 0.00772. The van der Waals surface area contributed by atoms with E-state index in [-0.39, 0.29) is 22.1 Å². The zero-order valence-electron chi connectivity index (χ0n) is 10.3. The molecule has 0 amide bonds. The highest BCUT2D eigenvalue weighted by Gasteiger charge is 2.30. The van der Waals surface area contributed by atoms with Crippen molar-refractivity contribution in [1.29, 1.82) is 0 Å². The minimum Gasteiger partial charge on any atom is -0.478 e. The van der Waals surface area contributed by atoms with Crippen molar-refractivity contribution >= 4 is 17.6 Å². The standard InChI is InChI=1S/C14H8ClF3O3/c15-9-3-6-12(11(7-9)13(19)20)21-10-4-1-8(2-5-10)14(16,17)18/h1-7H,(H,19,20). The van der Waals surface area contributed by atoms with E-state index in [1.54, 1.807) is 0 Å². The molecule has 0 fully saturated rings. The van der Waals surface area contributed by atoms with Gasteiger partial charge in [0, 0.05) is 5.02 Å². The quantitative estimate of drug-likeness (QED) is 0.880. The second kappa shape index (κ2) is 5.65. The van der Waals surface area contributed by atoms with Crippen molar-refractivity contribution < 1.29 is 27.8 Å². The molecule has 0 unspecified atom stereocenters. The van der Waals surface area contributed by atoms with Crippen LogP contribution in [-0.2, 0) is 6.18 Å². The molecule has 3 nitrogen and oxygen atoms in total. The molecule has 0 aromatic heterocycles. The maximum absolute atomic E-state index is 12.4. The molecule has 2 aromatic carbocycles. The molecule has 0 heterocycles. The summed E-state index contributed by atoms with van der Waals surface area (Å²) in [7, 11) is 0. The summed E-state index contributed by atoms with van der Waals surface area (Å²) in [6.45, 7) is 0. The van der Waals surface area contributed by atoms with Gasteiger partial charge in [0.15, 0.2) is 0 Å². The minimum atomic E-state index is -4.44. The summed E-state index contributed by atoms with van der Waals surface area (Å²) in [5.74, 6) is -1.17. The van der Waals surface area contributed by atoms with Gasteiger partial charge in [-0.15, -0.1) is 0 Å². The summed E-state index contributed by atoms with van der Waals surface area (Å²) < 4.78 is 42.6. The van der Waals surface area contributed by atoms with E-state index in [0.717, 1.165) is 24.3 Å². The largest absolute Gasteiger partial charge is 0.478 e. The first kappa shape index (κ1) is 15.2. The van der Waals surface area contributed by atoms with Crippen LogP contribution in [0.3, 0.4) is 0 Å². The number of benzene rings is 2. The molecule has 21 heavy (non-hydrogen) atoms. The maximum Gasteiger partial charge on any atom is 0.416 e. The third-order valence-electron chi connectivity index (χ3n) is 2.58. The average molecular weight is 317 g/mol. The lowest BCUT2D eigenvalue weighted by molar-refractivity contribution is -0.137. The summed E-state index contributed by atoms with van der Waals surface area (Å²) in [6, 6.07) is 7.89. The molecule has 0 aliphatic rings. The summed E-state index contributed by atoms with van der Waals surface area (Å²) in [6.07, 6.45) is -4.44. The molecule has 0 radical (unpaired) electrons. The monoisotopic (exact) mass is 316 g/mol. The Labute approximate surface area is 122 Å². The highest BCUT2D eigenvalue weighted by molar-refractivity contribution is 6.31. The number of ether oxygens (including phenoxy) is 1. The average Bonchev–Trinajstić information content (AvgIpc) is 2.40. The Morgan fingerprint density at radius 2 is 1.71 bits per heavy atom. The molecule has 0 atom stereocenters. The van der Waals surface area contributed by atoms with Crippen LogP contribution < -0.4 is 4.74 Å². The van der Waals surface area contributed by atoms with Crippen LogP contribution in [0.25, 0.3) is 0 Å². The van der Waals surface area contributed by atoms with Gasteiger partial charge in [-0.3, -0.25) is 0 Å². The number of carbonyl (C=O) groups is 1. The molecular weight excluding hydrogens is 309 g/mol. The van der Waals surface area contributed by atoms with E-state index >= 15 is 0 Å². The Morgan fingerprint density at radius 3 is 2.24 bits per heavy atom. The van der Waals surface area contributed by atoms with Crippen molar-refractivity contribution in [3.8, 4) is 11.5 Å². The van der Waals surface area contributed by atoms with Crippen LogP contribution in [0, 0.1) is 0 Å². The number of carboxylic acids is 1. The van der Waals surface area contributed by atoms with Gasteiger partial charge in [0.1, 0.15) is 17.1 Å². The van der Waals surface area contributed by atoms with Gasteiger partial charge in [0.2, 0.25) is 0 Å². The zero-order chi connectivity index (χ0) is 15.6. The number of carboxylic acid groups (broad SMARTS) is 1. The van der Waals surface area contributed by atoms with E-state index in [1.807, 2.05) is 0 Å². The lowest BCUT2D eigenvalue weighted by atomic mass is 10.2. The summed E-state index contributed by atoms with van der Waals surface area (Å²) in [4.78, 5) is 11.1. The van der Waals surface area contributed by atoms with Gasteiger partial charge in [-0.05, 0) is 42.5 Å². The fourth-order valence-corrected chi connectivity index (χ4v) is 1.77. The lowest BCUT2D eigenvalue weighted by Gasteiger charge is -2.10. The predicted octanol–water partition coefficient (Wildman–Crippen LogP) is 4.85. The zero-order valence-corrected chi connectivity index (χ0v) is 11.1. The van der Waals surface area contributed by atoms with Gasteiger partial charge >= 0.3 is 12.1 Å². The van der Waals surface area contributed by atoms with Gasteiger partial charge in [-0.2, -0.15) is 13.2 Å². The summed E-state index contributed by atoms with van der Waals surface area (Å²) in [5, 5.41) is 9.25. The third kappa shape index (κ3) is 3.66. The summed E-state index contributed by atoms with van der Waals surface area (Å²) in [5.41, 5.74) is -0.994. The number of rotatable bonds is 3. The highest BCUT2D eigenvalue weighted by atomic mass is 35.5. The number of alkyl halides is 3. The van der Waals surface area contributed by atoms with Crippen LogP contribution in [0.5, 0.6) is 11.5 Å². The molecule has 2 rings (SSSR count). The smallest absolute Gasteiger partial charge is 0.416 e. The summed E-state index contributed by atoms with van der Waals surface area (Å²) >= 11 is 5.69. The van der Waals surface area contributed by atoms with E-state index in [4.69, 9.17) is 21.4 Å². The van der Waals surface area contributed by atoms with Crippen molar-refractivity contribution in [2.75, 3.05) is 0 Å². The molecule has 7 heteroatoms. The molecule has 110 valence electrons. The number of halogens is 4. The van der Waals surface area contributed by atoms with Crippen molar-refractivity contribution in [2.24, 2.45) is 0 Å². The molecule has 0 spiro atoms. The Kier molecular flexibility index (Phi) is 4.09. The van der Waals surface area contributed by atoms with E-state index in [1.165, 1.54) is 18.2 Å². The topological polar surface area (TPSA) is 46.5 Å². The van der Waals surface area contributed by atoms with E-state index in [0.29, 0.717) is 0 Å². The number of hydrogen-bond acceptors (Lipinski definition) is 2. The van der Waals surface area contributed by atoms with Crippen LogP contribution in [0.1, 0.15) is 15.9 Å². The van der Waals surface area contributed by atoms with E-state index < -0.39 is 17.7 Å². The molecule has 0 saturated carbocycles. The molecule has 0 aliphatic carbocycles. The molecule has 0 bridgehead atoms. The SMILES string of the molecule is O=C(O)c1cc(Cl)ccc1Oc1ccc(C(F)(F)F)cc1. The number of hydrogen-bond donors (Lipinski definition) is 1. The third-order valence-corrected chi connectivity index (χ3v) is 2.82. The molecule has 0 aliphatic heterocycles. The Balaban J connectivity index is 2.28. The van der Waals surface area contributed by atoms with Crippen LogP contribution in [-0.4, -0.2) is 11.1 Å². The number of aromatic carboxylic acids is 1. The van der Waals surface area contributed by atoms with Crippen molar-refractivity contribution in [2.45, 2.75) is 6.18 Å². The molecule has 0 saturated heterocycles. The second-order valence-corrected chi connectivity index (χ2v) is 4.51. The normalized spacial score (nSPS) is 11.2. The van der Waals surface area contributed by atoms with E-state index in [2.05, 4.69) is 0 Å². The Morgan fingerprint density at radius 1 is 1.10 bits per heavy atom. The first-order valence-corrected chi connectivity index (χ1v) is 6.03. The van der Waals surface area contributed by atoms with Crippen molar-refractivity contribution in [3.63, 3.8) is 0 Å². The molecule has 1 N–H and O–H groups in total. The highest BCUT2D eigenvalue weighted by Crippen LogP contribution is 2.32. The van der Waals surface area contributed by atoms with Crippen molar-refractivity contribution in [3.05, 3.63) is 58.6 Å². The first-order chi connectivity index (χ1) is 9.77. The Bertz CT molecular complexity index is 666. The molecule has 2 aromatic rings. The second-order valence-electron chi connectivity index (χ2n) is 4.07. The fraction of sp³-hybridized carbons (Fsp3) is 0.0714. The van der Waals surface area contributed by atoms with Gasteiger partial charge < -0.3 is 9.84 Å². The Hall–Kier alpha value is -2.21. The van der Waals surface area contributed by atoms with Crippen LogP contribution in [0.4, 0.5) is 13.2 Å². The van der Waals surface area contributed by atoms with Gasteiger partial charge in [0.05, 0.1) is 5.56 Å². The predicted molar refractivity (Wildman–Crippen MR) is 69.9 cm³/mol. The first-order valence-electron chi connectivity index (χ1n) is 5.65. The van der Waals surface area contributed by atoms with Crippen LogP contribution in [0.2, 0.25) is 5.02 Å². The van der Waals surface area contributed by atoms with Crippen LogP contribution in [0.15, 0.2) is 42.5 Å². The van der Waals surface area contributed by atoms with E-state index in [9.17, 15) is 18.0 Å².